The van der Waals surface area contributed by atoms with Gasteiger partial charge in [-0.2, -0.15) is 13.2 Å². The molecule has 7 nitrogen and oxygen atoms in total. The Balaban J connectivity index is 1.45. The maximum Gasteiger partial charge on any atom is 0.416 e. The maximum absolute atomic E-state index is 12.6. The van der Waals surface area contributed by atoms with Crippen molar-refractivity contribution in [2.24, 2.45) is 11.1 Å². The zero-order valence-electron chi connectivity index (χ0n) is 19.1. The van der Waals surface area contributed by atoms with Gasteiger partial charge in [-0.1, -0.05) is 24.2 Å². The molecule has 2 heterocycles. The van der Waals surface area contributed by atoms with Gasteiger partial charge in [-0.25, -0.2) is 9.97 Å². The molecule has 1 aromatic heterocycles. The minimum Gasteiger partial charge on any atom is -0.391 e. The second-order valence-corrected chi connectivity index (χ2v) is 8.11. The van der Waals surface area contributed by atoms with Crippen LogP contribution in [0.15, 0.2) is 41.8 Å². The topological polar surface area (TPSA) is 85.7 Å². The first-order chi connectivity index (χ1) is 16.3. The minimum atomic E-state index is -4.37. The normalized spacial score (nSPS) is 15.2. The van der Waals surface area contributed by atoms with E-state index in [9.17, 15) is 18.0 Å². The molecular formula is C24H29F3N4O3. The van der Waals surface area contributed by atoms with Crippen LogP contribution in [0.3, 0.4) is 0 Å². The Hall–Kier alpha value is -3.01. The average molecular weight is 479 g/mol. The van der Waals surface area contributed by atoms with E-state index < -0.39 is 11.7 Å². The number of aryl methyl sites for hydroxylation is 1. The number of nitrogens with zero attached hydrogens (tertiary/aromatic N) is 3. The number of alkyl halides is 3. The summed E-state index contributed by atoms with van der Waals surface area (Å²) in [6, 6.07) is 4.76. The summed E-state index contributed by atoms with van der Waals surface area (Å²) in [5, 5.41) is 7.06. The molecule has 34 heavy (non-hydrogen) atoms. The van der Waals surface area contributed by atoms with Crippen LogP contribution in [0, 0.1) is 5.92 Å². The number of hydrogen-bond acceptors (Lipinski definition) is 6. The fourth-order valence-electron chi connectivity index (χ4n) is 3.45. The Morgan fingerprint density at radius 2 is 1.85 bits per heavy atom. The van der Waals surface area contributed by atoms with Gasteiger partial charge >= 0.3 is 6.18 Å². The largest absolute Gasteiger partial charge is 0.416 e. The Bertz CT molecular complexity index is 941. The van der Waals surface area contributed by atoms with E-state index in [0.29, 0.717) is 54.4 Å². The molecule has 10 heteroatoms. The molecular weight excluding hydrogens is 449 g/mol. The number of halogens is 3. The van der Waals surface area contributed by atoms with Crippen LogP contribution < -0.4 is 5.32 Å². The lowest BCUT2D eigenvalue weighted by Crippen LogP contribution is -2.32. The van der Waals surface area contributed by atoms with Crippen LogP contribution in [-0.2, 0) is 33.6 Å². The Labute approximate surface area is 196 Å². The highest BCUT2D eigenvalue weighted by atomic mass is 19.4. The van der Waals surface area contributed by atoms with Gasteiger partial charge in [-0.05, 0) is 42.9 Å². The van der Waals surface area contributed by atoms with Crippen molar-refractivity contribution < 1.29 is 27.5 Å². The number of rotatable bonds is 10. The summed E-state index contributed by atoms with van der Waals surface area (Å²) in [5.41, 5.74) is 1.17. The number of nitrogens with one attached hydrogen (secondary N) is 1. The second kappa shape index (κ2) is 12.5. The SMILES string of the molecule is CCC(=NOCc1ccc(C(F)(F)F)cc1)c1cnc(CCC(=O)NCC2CCOCC2)nc1. The van der Waals surface area contributed by atoms with Gasteiger partial charge in [0.25, 0.3) is 0 Å². The molecule has 1 aliphatic heterocycles. The summed E-state index contributed by atoms with van der Waals surface area (Å²) >= 11 is 0. The molecule has 1 saturated heterocycles. The molecule has 0 unspecified atom stereocenters. The average Bonchev–Trinajstić information content (AvgIpc) is 2.85. The number of oxime groups is 1. The minimum absolute atomic E-state index is 0.0216. The third-order valence-corrected chi connectivity index (χ3v) is 5.57. The lowest BCUT2D eigenvalue weighted by molar-refractivity contribution is -0.137. The fourth-order valence-corrected chi connectivity index (χ4v) is 3.45. The molecule has 1 N–H and O–H groups in total. The molecule has 184 valence electrons. The van der Waals surface area contributed by atoms with Crippen molar-refractivity contribution >= 4 is 11.6 Å². The van der Waals surface area contributed by atoms with Gasteiger partial charge in [0, 0.05) is 50.6 Å². The third kappa shape index (κ3) is 8.09. The fraction of sp³-hybridized carbons (Fsp3) is 0.500. The summed E-state index contributed by atoms with van der Waals surface area (Å²) in [7, 11) is 0. The standard InChI is InChI=1S/C24H29F3N4O3/c1-2-21(31-34-16-18-3-5-20(6-4-18)24(25,26)27)19-14-28-22(29-15-19)7-8-23(32)30-13-17-9-11-33-12-10-17/h3-6,14-15,17H,2,7-13,16H2,1H3,(H,30,32). The molecule has 2 aromatic rings. The van der Waals surface area contributed by atoms with Crippen LogP contribution in [0.1, 0.15) is 55.1 Å². The van der Waals surface area contributed by atoms with Crippen molar-refractivity contribution in [1.82, 2.24) is 15.3 Å². The van der Waals surface area contributed by atoms with E-state index in [1.807, 2.05) is 6.92 Å². The van der Waals surface area contributed by atoms with Gasteiger partial charge in [0.15, 0.2) is 0 Å². The summed E-state index contributed by atoms with van der Waals surface area (Å²) in [6.07, 6.45) is 2.15. The molecule has 0 radical (unpaired) electrons. The van der Waals surface area contributed by atoms with Crippen molar-refractivity contribution in [3.05, 3.63) is 59.2 Å². The first kappa shape index (κ1) is 25.6. The molecule has 0 aliphatic carbocycles. The third-order valence-electron chi connectivity index (χ3n) is 5.57. The molecule has 3 rings (SSSR count). The highest BCUT2D eigenvalue weighted by Crippen LogP contribution is 2.29. The first-order valence-corrected chi connectivity index (χ1v) is 11.4. The highest BCUT2D eigenvalue weighted by molar-refractivity contribution is 5.99. The first-order valence-electron chi connectivity index (χ1n) is 11.4. The van der Waals surface area contributed by atoms with Crippen LogP contribution in [-0.4, -0.2) is 41.3 Å². The molecule has 1 amide bonds. The number of carbonyl (C=O) groups is 1. The van der Waals surface area contributed by atoms with Gasteiger partial charge in [0.2, 0.25) is 5.91 Å². The monoisotopic (exact) mass is 478 g/mol. The Morgan fingerprint density at radius 1 is 1.18 bits per heavy atom. The highest BCUT2D eigenvalue weighted by Gasteiger charge is 2.29. The summed E-state index contributed by atoms with van der Waals surface area (Å²) < 4.78 is 43.3. The molecule has 0 bridgehead atoms. The van der Waals surface area contributed by atoms with Crippen LogP contribution in [0.5, 0.6) is 0 Å². The van der Waals surface area contributed by atoms with Gasteiger partial charge < -0.3 is 14.9 Å². The van der Waals surface area contributed by atoms with E-state index in [4.69, 9.17) is 9.57 Å². The van der Waals surface area contributed by atoms with Crippen LogP contribution in [0.25, 0.3) is 0 Å². The molecule has 1 aliphatic rings. The quantitative estimate of drug-likeness (QED) is 0.407. The van der Waals surface area contributed by atoms with Crippen LogP contribution in [0.2, 0.25) is 0 Å². The second-order valence-electron chi connectivity index (χ2n) is 8.11. The Kier molecular flexibility index (Phi) is 9.38. The van der Waals surface area contributed by atoms with Crippen LogP contribution >= 0.6 is 0 Å². The van der Waals surface area contributed by atoms with Gasteiger partial charge in [-0.15, -0.1) is 0 Å². The molecule has 1 fully saturated rings. The number of carbonyl (C=O) groups excluding carboxylic acids is 1. The molecule has 1 aromatic carbocycles. The van der Waals surface area contributed by atoms with Crippen molar-refractivity contribution in [2.45, 2.75) is 51.8 Å². The smallest absolute Gasteiger partial charge is 0.391 e. The molecule has 0 atom stereocenters. The predicted molar refractivity (Wildman–Crippen MR) is 120 cm³/mol. The van der Waals surface area contributed by atoms with E-state index in [-0.39, 0.29) is 12.5 Å². The predicted octanol–water partition coefficient (Wildman–Crippen LogP) is 4.30. The van der Waals surface area contributed by atoms with Crippen molar-refractivity contribution in [2.75, 3.05) is 19.8 Å². The van der Waals surface area contributed by atoms with Gasteiger partial charge in [-0.3, -0.25) is 4.79 Å². The number of benzene rings is 1. The lowest BCUT2D eigenvalue weighted by atomic mass is 10.0. The zero-order valence-corrected chi connectivity index (χ0v) is 19.1. The Morgan fingerprint density at radius 3 is 2.47 bits per heavy atom. The molecule has 0 saturated carbocycles. The van der Waals surface area contributed by atoms with Gasteiger partial charge in [0.1, 0.15) is 12.4 Å². The lowest BCUT2D eigenvalue weighted by Gasteiger charge is -2.22. The van der Waals surface area contributed by atoms with E-state index >= 15 is 0 Å². The van der Waals surface area contributed by atoms with Crippen molar-refractivity contribution in [1.29, 1.82) is 0 Å². The zero-order chi connectivity index (χ0) is 24.4. The number of aromatic nitrogens is 2. The van der Waals surface area contributed by atoms with Crippen molar-refractivity contribution in [3.63, 3.8) is 0 Å². The van der Waals surface area contributed by atoms with Crippen molar-refractivity contribution in [3.8, 4) is 0 Å². The van der Waals surface area contributed by atoms with E-state index in [0.717, 1.165) is 38.2 Å². The number of amides is 1. The number of hydrogen-bond donors (Lipinski definition) is 1. The molecule has 0 spiro atoms. The maximum atomic E-state index is 12.6. The van der Waals surface area contributed by atoms with E-state index in [2.05, 4.69) is 20.4 Å². The van der Waals surface area contributed by atoms with E-state index in [1.165, 1.54) is 12.1 Å². The summed E-state index contributed by atoms with van der Waals surface area (Å²) in [5.74, 6) is 1.01. The number of ether oxygens (including phenoxy) is 1. The van der Waals surface area contributed by atoms with E-state index in [1.54, 1.807) is 12.4 Å². The van der Waals surface area contributed by atoms with Gasteiger partial charge in [0.05, 0.1) is 11.3 Å². The van der Waals surface area contributed by atoms with Crippen LogP contribution in [0.4, 0.5) is 13.2 Å². The summed E-state index contributed by atoms with van der Waals surface area (Å²) in [4.78, 5) is 26.1. The summed E-state index contributed by atoms with van der Waals surface area (Å²) in [6.45, 7) is 4.12.